The van der Waals surface area contributed by atoms with E-state index in [-0.39, 0.29) is 12.1 Å². The number of hydrogen-bond donors (Lipinski definition) is 2. The normalized spacial score (nSPS) is 9.95. The zero-order chi connectivity index (χ0) is 15.4. The molecule has 6 heteroatoms. The van der Waals surface area contributed by atoms with Crippen molar-refractivity contribution >= 4 is 23.2 Å². The molecular weight excluding hydrogens is 293 g/mol. The first-order valence-corrected chi connectivity index (χ1v) is 6.41. The van der Waals surface area contributed by atoms with Crippen molar-refractivity contribution in [3.63, 3.8) is 0 Å². The summed E-state index contributed by atoms with van der Waals surface area (Å²) in [7, 11) is 0. The highest BCUT2D eigenvalue weighted by molar-refractivity contribution is 6.30. The summed E-state index contributed by atoms with van der Waals surface area (Å²) >= 11 is 5.87. The van der Waals surface area contributed by atoms with Gasteiger partial charge in [-0.05, 0) is 30.3 Å². The van der Waals surface area contributed by atoms with E-state index in [0.717, 1.165) is 6.07 Å². The van der Waals surface area contributed by atoms with Gasteiger partial charge in [-0.1, -0.05) is 17.7 Å². The molecule has 0 saturated carbocycles. The molecule has 2 aromatic rings. The van der Waals surface area contributed by atoms with E-state index in [2.05, 4.69) is 5.32 Å². The predicted octanol–water partition coefficient (Wildman–Crippen LogP) is 3.06. The van der Waals surface area contributed by atoms with E-state index in [0.29, 0.717) is 21.8 Å². The lowest BCUT2D eigenvalue weighted by atomic mass is 10.1. The lowest BCUT2D eigenvalue weighted by Gasteiger charge is -2.10. The lowest BCUT2D eigenvalue weighted by Crippen LogP contribution is -2.12. The van der Waals surface area contributed by atoms with Crippen molar-refractivity contribution in [1.29, 1.82) is 5.26 Å². The summed E-state index contributed by atoms with van der Waals surface area (Å²) in [5, 5.41) is 12.4. The summed E-state index contributed by atoms with van der Waals surface area (Å²) in [6.07, 6.45) is 0. The quantitative estimate of drug-likeness (QED) is 0.911. The highest BCUT2D eigenvalue weighted by Gasteiger charge is 2.08. The van der Waals surface area contributed by atoms with Crippen LogP contribution in [0.25, 0.3) is 0 Å². The van der Waals surface area contributed by atoms with Gasteiger partial charge in [0, 0.05) is 22.7 Å². The second-order valence-corrected chi connectivity index (χ2v) is 4.76. The highest BCUT2D eigenvalue weighted by Crippen LogP contribution is 2.21. The molecule has 2 aromatic carbocycles. The second-order valence-electron chi connectivity index (χ2n) is 4.33. The van der Waals surface area contributed by atoms with Gasteiger partial charge in [0.2, 0.25) is 5.91 Å². The van der Waals surface area contributed by atoms with Gasteiger partial charge in [-0.2, -0.15) is 5.26 Å². The summed E-state index contributed by atoms with van der Waals surface area (Å²) in [6.45, 7) is 0.153. The molecule has 0 atom stereocenters. The molecule has 0 spiro atoms. The number of primary amides is 1. The molecule has 0 saturated heterocycles. The second kappa shape index (κ2) is 6.25. The summed E-state index contributed by atoms with van der Waals surface area (Å²) in [5.74, 6) is -1.23. The van der Waals surface area contributed by atoms with E-state index in [1.807, 2.05) is 6.07 Å². The number of nitrogens with two attached hydrogens (primary N) is 1. The standard InChI is InChI=1S/C15H11ClFN3O/c16-12-4-3-10(7-18)14(6-12)20-8-11-2-1-9(15(19)21)5-13(11)17/h1-6,20H,8H2,(H2,19,21). The summed E-state index contributed by atoms with van der Waals surface area (Å²) in [6, 6.07) is 10.8. The van der Waals surface area contributed by atoms with Gasteiger partial charge in [0.05, 0.1) is 11.3 Å². The number of hydrogen-bond acceptors (Lipinski definition) is 3. The average molecular weight is 304 g/mol. The van der Waals surface area contributed by atoms with Gasteiger partial charge in [-0.15, -0.1) is 0 Å². The molecule has 0 bridgehead atoms. The van der Waals surface area contributed by atoms with Gasteiger partial charge >= 0.3 is 0 Å². The van der Waals surface area contributed by atoms with Crippen LogP contribution in [0.15, 0.2) is 36.4 Å². The molecule has 0 aliphatic rings. The van der Waals surface area contributed by atoms with Crippen molar-refractivity contribution in [2.24, 2.45) is 5.73 Å². The third-order valence-electron chi connectivity index (χ3n) is 2.91. The molecule has 106 valence electrons. The Balaban J connectivity index is 2.19. The van der Waals surface area contributed by atoms with Crippen molar-refractivity contribution < 1.29 is 9.18 Å². The van der Waals surface area contributed by atoms with Gasteiger partial charge in [0.25, 0.3) is 0 Å². The number of anilines is 1. The molecule has 0 aliphatic heterocycles. The number of carbonyl (C=O) groups is 1. The van der Waals surface area contributed by atoms with E-state index >= 15 is 0 Å². The Morgan fingerprint density at radius 2 is 2.10 bits per heavy atom. The van der Waals surface area contributed by atoms with Crippen molar-refractivity contribution in [2.45, 2.75) is 6.54 Å². The molecule has 0 heterocycles. The van der Waals surface area contributed by atoms with Crippen LogP contribution in [-0.4, -0.2) is 5.91 Å². The fourth-order valence-corrected chi connectivity index (χ4v) is 1.97. The number of rotatable bonds is 4. The molecule has 0 radical (unpaired) electrons. The number of amides is 1. The topological polar surface area (TPSA) is 78.9 Å². The van der Waals surface area contributed by atoms with Crippen LogP contribution in [0.1, 0.15) is 21.5 Å². The molecule has 0 aliphatic carbocycles. The van der Waals surface area contributed by atoms with E-state index in [9.17, 15) is 9.18 Å². The van der Waals surface area contributed by atoms with Crippen LogP contribution >= 0.6 is 11.6 Å². The summed E-state index contributed by atoms with van der Waals surface area (Å²) in [4.78, 5) is 11.0. The van der Waals surface area contributed by atoms with Crippen LogP contribution in [-0.2, 0) is 6.54 Å². The van der Waals surface area contributed by atoms with Crippen molar-refractivity contribution in [1.82, 2.24) is 0 Å². The third-order valence-corrected chi connectivity index (χ3v) is 3.14. The minimum atomic E-state index is -0.685. The highest BCUT2D eigenvalue weighted by atomic mass is 35.5. The molecule has 1 amide bonds. The van der Waals surface area contributed by atoms with Crippen LogP contribution in [0.3, 0.4) is 0 Å². The molecule has 4 nitrogen and oxygen atoms in total. The Hall–Kier alpha value is -2.58. The summed E-state index contributed by atoms with van der Waals surface area (Å²) < 4.78 is 13.8. The van der Waals surface area contributed by atoms with Crippen LogP contribution in [0.4, 0.5) is 10.1 Å². The smallest absolute Gasteiger partial charge is 0.248 e. The lowest BCUT2D eigenvalue weighted by molar-refractivity contribution is 0.1000. The van der Waals surface area contributed by atoms with Gasteiger partial charge in [-0.3, -0.25) is 4.79 Å². The summed E-state index contributed by atoms with van der Waals surface area (Å²) in [5.41, 5.74) is 6.47. The number of nitriles is 1. The molecule has 0 unspecified atom stereocenters. The van der Waals surface area contributed by atoms with E-state index < -0.39 is 11.7 Å². The number of nitrogens with zero attached hydrogens (tertiary/aromatic N) is 1. The molecular formula is C15H11ClFN3O. The van der Waals surface area contributed by atoms with Crippen molar-refractivity contribution in [3.05, 3.63) is 63.9 Å². The van der Waals surface area contributed by atoms with Gasteiger partial charge in [0.1, 0.15) is 11.9 Å². The van der Waals surface area contributed by atoms with Crippen molar-refractivity contribution in [3.8, 4) is 6.07 Å². The zero-order valence-corrected chi connectivity index (χ0v) is 11.6. The minimum Gasteiger partial charge on any atom is -0.380 e. The maximum Gasteiger partial charge on any atom is 0.248 e. The maximum absolute atomic E-state index is 13.8. The fraction of sp³-hybridized carbons (Fsp3) is 0.0667. The monoisotopic (exact) mass is 303 g/mol. The average Bonchev–Trinajstić information content (AvgIpc) is 2.46. The SMILES string of the molecule is N#Cc1ccc(Cl)cc1NCc1ccc(C(N)=O)cc1F. The Morgan fingerprint density at radius 3 is 2.71 bits per heavy atom. The number of carbonyl (C=O) groups excluding carboxylic acids is 1. The Kier molecular flexibility index (Phi) is 4.41. The van der Waals surface area contributed by atoms with E-state index in [1.165, 1.54) is 12.1 Å². The third kappa shape index (κ3) is 3.50. The molecule has 21 heavy (non-hydrogen) atoms. The molecule has 2 rings (SSSR count). The Labute approximate surface area is 125 Å². The van der Waals surface area contributed by atoms with E-state index in [4.69, 9.17) is 22.6 Å². The van der Waals surface area contributed by atoms with Gasteiger partial charge in [0.15, 0.2) is 0 Å². The Bertz CT molecular complexity index is 740. The first-order valence-electron chi connectivity index (χ1n) is 6.03. The van der Waals surface area contributed by atoms with Crippen molar-refractivity contribution in [2.75, 3.05) is 5.32 Å². The van der Waals surface area contributed by atoms with Crippen LogP contribution in [0.2, 0.25) is 5.02 Å². The molecule has 3 N–H and O–H groups in total. The van der Waals surface area contributed by atoms with Gasteiger partial charge < -0.3 is 11.1 Å². The maximum atomic E-state index is 13.8. The first kappa shape index (κ1) is 14.8. The minimum absolute atomic E-state index is 0.108. The fourth-order valence-electron chi connectivity index (χ4n) is 1.79. The number of nitrogens with one attached hydrogen (secondary N) is 1. The van der Waals surface area contributed by atoms with Gasteiger partial charge in [-0.25, -0.2) is 4.39 Å². The zero-order valence-electron chi connectivity index (χ0n) is 10.9. The Morgan fingerprint density at radius 1 is 1.33 bits per heavy atom. The predicted molar refractivity (Wildman–Crippen MR) is 78.4 cm³/mol. The number of halogens is 2. The number of benzene rings is 2. The van der Waals surface area contributed by atoms with E-state index in [1.54, 1.807) is 18.2 Å². The molecule has 0 aromatic heterocycles. The largest absolute Gasteiger partial charge is 0.380 e. The van der Waals surface area contributed by atoms with Crippen LogP contribution in [0.5, 0.6) is 0 Å². The first-order chi connectivity index (χ1) is 10.0. The molecule has 0 fully saturated rings. The van der Waals surface area contributed by atoms with Crippen LogP contribution in [0, 0.1) is 17.1 Å². The van der Waals surface area contributed by atoms with Crippen LogP contribution < -0.4 is 11.1 Å².